The minimum Gasteiger partial charge on any atom is -0.192 e. The molecule has 74 valence electrons. The summed E-state index contributed by atoms with van der Waals surface area (Å²) in [5.41, 5.74) is 2.00. The second-order valence-electron chi connectivity index (χ2n) is 3.38. The summed E-state index contributed by atoms with van der Waals surface area (Å²) >= 11 is 3.50. The number of aryl methyl sites for hydroxylation is 1. The van der Waals surface area contributed by atoms with Gasteiger partial charge in [0.25, 0.3) is 0 Å². The average Bonchev–Trinajstić information content (AvgIpc) is 2.21. The van der Waals surface area contributed by atoms with Gasteiger partial charge in [-0.15, -0.1) is 0 Å². The molecule has 0 aromatic heterocycles. The molecule has 1 nitrogen and oxygen atoms in total. The maximum Gasteiger partial charge on any atom is 0.0991 e. The van der Waals surface area contributed by atoms with Crippen molar-refractivity contribution < 1.29 is 0 Å². The fraction of sp³-hybridized carbons (Fsp3) is 0.417. The predicted octanol–water partition coefficient (Wildman–Crippen LogP) is 4.05. The summed E-state index contributed by atoms with van der Waals surface area (Å²) in [4.78, 5) is 0. The van der Waals surface area contributed by atoms with Gasteiger partial charge in [-0.05, 0) is 36.6 Å². The van der Waals surface area contributed by atoms with E-state index in [0.29, 0.717) is 0 Å². The third-order valence-electron chi connectivity index (χ3n) is 2.22. The first-order valence-electron chi connectivity index (χ1n) is 4.96. The third-order valence-corrected chi connectivity index (χ3v) is 3.00. The molecule has 0 spiro atoms. The molecular weight excluding hydrogens is 238 g/mol. The standard InChI is InChI=1S/C12H14BrN/c1-2-3-4-5-11-8-10(9-14)6-7-12(11)13/h6-8H,2-5H2,1H3. The van der Waals surface area contributed by atoms with E-state index in [9.17, 15) is 0 Å². The predicted molar refractivity (Wildman–Crippen MR) is 62.1 cm³/mol. The van der Waals surface area contributed by atoms with Crippen molar-refractivity contribution in [2.45, 2.75) is 32.6 Å². The summed E-state index contributed by atoms with van der Waals surface area (Å²) in [6.07, 6.45) is 4.74. The topological polar surface area (TPSA) is 23.8 Å². The molecule has 0 radical (unpaired) electrons. The van der Waals surface area contributed by atoms with Crippen molar-refractivity contribution in [3.8, 4) is 6.07 Å². The molecular formula is C12H14BrN. The first kappa shape index (κ1) is 11.3. The lowest BCUT2D eigenvalue weighted by atomic mass is 10.1. The summed E-state index contributed by atoms with van der Waals surface area (Å²) in [6.45, 7) is 2.20. The maximum absolute atomic E-state index is 8.76. The largest absolute Gasteiger partial charge is 0.192 e. The van der Waals surface area contributed by atoms with Crippen molar-refractivity contribution >= 4 is 15.9 Å². The molecule has 0 unspecified atom stereocenters. The molecule has 1 aromatic carbocycles. The molecule has 0 atom stereocenters. The van der Waals surface area contributed by atoms with E-state index in [2.05, 4.69) is 28.9 Å². The zero-order chi connectivity index (χ0) is 10.4. The van der Waals surface area contributed by atoms with E-state index in [0.717, 1.165) is 16.5 Å². The highest BCUT2D eigenvalue weighted by molar-refractivity contribution is 9.10. The molecule has 0 aliphatic heterocycles. The monoisotopic (exact) mass is 251 g/mol. The van der Waals surface area contributed by atoms with Crippen LogP contribution in [0.2, 0.25) is 0 Å². The van der Waals surface area contributed by atoms with Gasteiger partial charge in [0, 0.05) is 4.47 Å². The molecule has 0 N–H and O–H groups in total. The van der Waals surface area contributed by atoms with E-state index in [1.54, 1.807) is 0 Å². The lowest BCUT2D eigenvalue weighted by molar-refractivity contribution is 0.716. The Morgan fingerprint density at radius 1 is 1.36 bits per heavy atom. The van der Waals surface area contributed by atoms with Crippen LogP contribution in [-0.4, -0.2) is 0 Å². The summed E-state index contributed by atoms with van der Waals surface area (Å²) in [5, 5.41) is 8.76. The third kappa shape index (κ3) is 3.16. The molecule has 0 aliphatic carbocycles. The molecule has 0 bridgehead atoms. The molecule has 1 rings (SSSR count). The molecule has 0 aliphatic rings. The van der Waals surface area contributed by atoms with Gasteiger partial charge in [0.15, 0.2) is 0 Å². The molecule has 14 heavy (non-hydrogen) atoms. The molecule has 0 saturated carbocycles. The van der Waals surface area contributed by atoms with Gasteiger partial charge >= 0.3 is 0 Å². The number of halogens is 1. The Morgan fingerprint density at radius 3 is 2.79 bits per heavy atom. The van der Waals surface area contributed by atoms with Crippen LogP contribution in [0.1, 0.15) is 37.3 Å². The van der Waals surface area contributed by atoms with Crippen molar-refractivity contribution in [2.75, 3.05) is 0 Å². The number of nitriles is 1. The van der Waals surface area contributed by atoms with Crippen molar-refractivity contribution in [1.82, 2.24) is 0 Å². The Balaban J connectivity index is 2.70. The quantitative estimate of drug-likeness (QED) is 0.741. The minimum absolute atomic E-state index is 0.750. The summed E-state index contributed by atoms with van der Waals surface area (Å²) < 4.78 is 1.12. The van der Waals surface area contributed by atoms with E-state index < -0.39 is 0 Å². The maximum atomic E-state index is 8.76. The summed E-state index contributed by atoms with van der Waals surface area (Å²) in [7, 11) is 0. The Bertz CT molecular complexity index is 339. The summed E-state index contributed by atoms with van der Waals surface area (Å²) in [6, 6.07) is 7.93. The SMILES string of the molecule is CCCCCc1cc(C#N)ccc1Br. The molecule has 1 aromatic rings. The Hall–Kier alpha value is -0.810. The van der Waals surface area contributed by atoms with Gasteiger partial charge in [0.05, 0.1) is 11.6 Å². The van der Waals surface area contributed by atoms with E-state index in [1.807, 2.05) is 18.2 Å². The van der Waals surface area contributed by atoms with Crippen LogP contribution in [0.15, 0.2) is 22.7 Å². The average molecular weight is 252 g/mol. The zero-order valence-electron chi connectivity index (χ0n) is 8.39. The van der Waals surface area contributed by atoms with Crippen LogP contribution < -0.4 is 0 Å². The van der Waals surface area contributed by atoms with Crippen LogP contribution in [0.3, 0.4) is 0 Å². The number of hydrogen-bond acceptors (Lipinski definition) is 1. The van der Waals surface area contributed by atoms with E-state index in [1.165, 1.54) is 24.8 Å². The number of benzene rings is 1. The number of rotatable bonds is 4. The highest BCUT2D eigenvalue weighted by Gasteiger charge is 2.00. The highest BCUT2D eigenvalue weighted by Crippen LogP contribution is 2.20. The molecule has 0 heterocycles. The van der Waals surface area contributed by atoms with Gasteiger partial charge in [0.2, 0.25) is 0 Å². The van der Waals surface area contributed by atoms with Crippen LogP contribution in [0, 0.1) is 11.3 Å². The van der Waals surface area contributed by atoms with Crippen molar-refractivity contribution in [3.05, 3.63) is 33.8 Å². The second kappa shape index (κ2) is 5.82. The van der Waals surface area contributed by atoms with Gasteiger partial charge in [-0.25, -0.2) is 0 Å². The van der Waals surface area contributed by atoms with E-state index in [4.69, 9.17) is 5.26 Å². The van der Waals surface area contributed by atoms with Crippen LogP contribution in [0.4, 0.5) is 0 Å². The molecule has 2 heteroatoms. The number of unbranched alkanes of at least 4 members (excludes halogenated alkanes) is 2. The molecule has 0 saturated heterocycles. The first-order chi connectivity index (χ1) is 6.77. The molecule has 0 amide bonds. The van der Waals surface area contributed by atoms with Crippen LogP contribution in [-0.2, 0) is 6.42 Å². The van der Waals surface area contributed by atoms with Crippen molar-refractivity contribution in [1.29, 1.82) is 5.26 Å². The lowest BCUT2D eigenvalue weighted by Gasteiger charge is -2.03. The zero-order valence-corrected chi connectivity index (χ0v) is 9.97. The lowest BCUT2D eigenvalue weighted by Crippen LogP contribution is -1.88. The van der Waals surface area contributed by atoms with E-state index >= 15 is 0 Å². The van der Waals surface area contributed by atoms with Crippen LogP contribution in [0.5, 0.6) is 0 Å². The van der Waals surface area contributed by atoms with Crippen molar-refractivity contribution in [3.63, 3.8) is 0 Å². The van der Waals surface area contributed by atoms with Crippen LogP contribution >= 0.6 is 15.9 Å². The van der Waals surface area contributed by atoms with E-state index in [-0.39, 0.29) is 0 Å². The second-order valence-corrected chi connectivity index (χ2v) is 4.23. The first-order valence-corrected chi connectivity index (χ1v) is 5.75. The molecule has 0 fully saturated rings. The Labute approximate surface area is 93.9 Å². The van der Waals surface area contributed by atoms with Gasteiger partial charge in [0.1, 0.15) is 0 Å². The van der Waals surface area contributed by atoms with Gasteiger partial charge in [-0.2, -0.15) is 5.26 Å². The van der Waals surface area contributed by atoms with Gasteiger partial charge < -0.3 is 0 Å². The smallest absolute Gasteiger partial charge is 0.0991 e. The van der Waals surface area contributed by atoms with Crippen molar-refractivity contribution in [2.24, 2.45) is 0 Å². The van der Waals surface area contributed by atoms with Gasteiger partial charge in [-0.3, -0.25) is 0 Å². The number of nitrogens with zero attached hydrogens (tertiary/aromatic N) is 1. The van der Waals surface area contributed by atoms with Gasteiger partial charge in [-0.1, -0.05) is 35.7 Å². The highest BCUT2D eigenvalue weighted by atomic mass is 79.9. The minimum atomic E-state index is 0.750. The number of hydrogen-bond donors (Lipinski definition) is 0. The summed E-state index contributed by atoms with van der Waals surface area (Å²) in [5.74, 6) is 0. The fourth-order valence-corrected chi connectivity index (χ4v) is 1.85. The Kier molecular flexibility index (Phi) is 4.69. The Morgan fingerprint density at radius 2 is 2.14 bits per heavy atom. The van der Waals surface area contributed by atoms with Crippen LogP contribution in [0.25, 0.3) is 0 Å². The normalized spacial score (nSPS) is 9.79. The fourth-order valence-electron chi connectivity index (χ4n) is 1.40.